The molecule has 228 valence electrons. The van der Waals surface area contributed by atoms with Crippen LogP contribution in [0.5, 0.6) is 5.75 Å². The Morgan fingerprint density at radius 2 is 1.67 bits per heavy atom. The first kappa shape index (κ1) is 32.7. The van der Waals surface area contributed by atoms with Crippen LogP contribution in [-0.2, 0) is 16.0 Å². The summed E-state index contributed by atoms with van der Waals surface area (Å²) < 4.78 is 42.3. The fourth-order valence-corrected chi connectivity index (χ4v) is 4.70. The molecule has 3 aromatic rings. The summed E-state index contributed by atoms with van der Waals surface area (Å²) in [6.45, 7) is 3.25. The Morgan fingerprint density at radius 1 is 1.00 bits per heavy atom. The number of para-hydroxylation sites is 1. The Bertz CT molecular complexity index is 1320. The largest absolute Gasteiger partial charge is 0.573 e. The molecule has 1 heterocycles. The van der Waals surface area contributed by atoms with Gasteiger partial charge in [-0.2, -0.15) is 0 Å². The van der Waals surface area contributed by atoms with E-state index in [0.717, 1.165) is 42.7 Å². The number of amides is 2. The van der Waals surface area contributed by atoms with Crippen molar-refractivity contribution in [2.75, 3.05) is 45.1 Å². The van der Waals surface area contributed by atoms with Crippen molar-refractivity contribution in [3.63, 3.8) is 0 Å². The minimum Gasteiger partial charge on any atom is -0.406 e. The van der Waals surface area contributed by atoms with Crippen LogP contribution in [0.15, 0.2) is 60.8 Å². The molecule has 0 radical (unpaired) electrons. The van der Waals surface area contributed by atoms with Crippen molar-refractivity contribution >= 4 is 28.4 Å². The molecular weight excluding hydrogens is 551 g/mol. The molecule has 2 amide bonds. The number of ether oxygens (including phenoxy) is 1. The molecule has 0 saturated heterocycles. The summed E-state index contributed by atoms with van der Waals surface area (Å²) in [6, 6.07) is 12.3. The van der Waals surface area contributed by atoms with Crippen LogP contribution in [-0.4, -0.2) is 79.5 Å². The zero-order valence-electron chi connectivity index (χ0n) is 23.6. The number of hydrogen-bond donors (Lipinski definition) is 5. The molecule has 0 aliphatic rings. The number of anilines is 1. The smallest absolute Gasteiger partial charge is 0.406 e. The molecule has 2 atom stereocenters. The number of pyridine rings is 1. The normalized spacial score (nSPS) is 13.4. The van der Waals surface area contributed by atoms with Crippen molar-refractivity contribution < 1.29 is 32.0 Å². The molecule has 3 rings (SSSR count). The number of quaternary nitrogens is 1. The Kier molecular flexibility index (Phi) is 11.6. The summed E-state index contributed by atoms with van der Waals surface area (Å²) in [5.41, 5.74) is 19.4. The number of nitrogens with zero attached hydrogens (tertiary/aromatic N) is 2. The second-order valence-corrected chi connectivity index (χ2v) is 10.5. The summed E-state index contributed by atoms with van der Waals surface area (Å²) in [4.78, 5) is 30.8. The Hall–Kier alpha value is -3.78. The molecule has 42 heavy (non-hydrogen) atoms. The van der Waals surface area contributed by atoms with E-state index in [1.807, 2.05) is 24.3 Å². The van der Waals surface area contributed by atoms with Gasteiger partial charge in [0.2, 0.25) is 11.8 Å². The standard InChI is InChI=1S/C29H38F3N7O3/c1-39(15-12-33,16-13-34)14-4-6-24(35)27(40)38-26(17-20-8-10-23(11-9-20)42-29(30,31)32)28(41)37-22-18-21-5-2-3-7-25(21)36-19-22/h2-3,5,7-11,18-19,24,26H,4,6,12-17,33-35H2,1H3,(H-,37,38,40,41)/p+1/t24-,26-/m0/s1. The lowest BCUT2D eigenvalue weighted by Gasteiger charge is -2.34. The fraction of sp³-hybridized carbons (Fsp3) is 0.414. The zero-order valence-corrected chi connectivity index (χ0v) is 23.6. The minimum atomic E-state index is -4.83. The summed E-state index contributed by atoms with van der Waals surface area (Å²) in [5.74, 6) is -1.44. The van der Waals surface area contributed by atoms with Crippen molar-refractivity contribution in [1.82, 2.24) is 10.3 Å². The summed E-state index contributed by atoms with van der Waals surface area (Å²) in [7, 11) is 2.05. The highest BCUT2D eigenvalue weighted by atomic mass is 19.4. The van der Waals surface area contributed by atoms with Gasteiger partial charge in [-0.1, -0.05) is 30.3 Å². The van der Waals surface area contributed by atoms with E-state index in [1.165, 1.54) is 18.3 Å². The SMILES string of the molecule is C[N+](CCN)(CCN)CCC[C@H](N)C(=O)N[C@@H](Cc1ccc(OC(F)(F)F)cc1)C(=O)Nc1cnc2ccccc2c1. The summed E-state index contributed by atoms with van der Waals surface area (Å²) in [6.07, 6.45) is -2.30. The van der Waals surface area contributed by atoms with Gasteiger partial charge in [-0.3, -0.25) is 14.6 Å². The maximum Gasteiger partial charge on any atom is 0.573 e. The number of nitrogens with one attached hydrogen (secondary N) is 2. The molecule has 0 saturated carbocycles. The topological polar surface area (TPSA) is 158 Å². The number of halogens is 3. The van der Waals surface area contributed by atoms with E-state index in [4.69, 9.17) is 17.2 Å². The summed E-state index contributed by atoms with van der Waals surface area (Å²) in [5, 5.41) is 6.31. The van der Waals surface area contributed by atoms with Gasteiger partial charge >= 0.3 is 6.36 Å². The van der Waals surface area contributed by atoms with E-state index >= 15 is 0 Å². The fourth-order valence-electron chi connectivity index (χ4n) is 4.70. The Labute approximate surface area is 243 Å². The molecule has 10 nitrogen and oxygen atoms in total. The molecule has 8 N–H and O–H groups in total. The lowest BCUT2D eigenvalue weighted by Crippen LogP contribution is -2.52. The van der Waals surface area contributed by atoms with Gasteiger partial charge in [-0.15, -0.1) is 13.2 Å². The Balaban J connectivity index is 1.71. The van der Waals surface area contributed by atoms with Crippen LogP contribution in [0.4, 0.5) is 18.9 Å². The minimum absolute atomic E-state index is 0.000435. The first-order valence-electron chi connectivity index (χ1n) is 13.7. The van der Waals surface area contributed by atoms with Crippen molar-refractivity contribution in [3.8, 4) is 5.75 Å². The third kappa shape index (κ3) is 10.2. The number of likely N-dealkylation sites (N-methyl/N-ethyl adjacent to an activating group) is 1. The van der Waals surface area contributed by atoms with E-state index in [2.05, 4.69) is 27.4 Å². The van der Waals surface area contributed by atoms with Crippen molar-refractivity contribution in [1.29, 1.82) is 0 Å². The monoisotopic (exact) mass is 590 g/mol. The van der Waals surface area contributed by atoms with Gasteiger partial charge in [0.15, 0.2) is 0 Å². The molecule has 0 aliphatic carbocycles. The lowest BCUT2D eigenvalue weighted by molar-refractivity contribution is -0.907. The van der Waals surface area contributed by atoms with Gasteiger partial charge in [0, 0.05) is 24.9 Å². The maximum absolute atomic E-state index is 13.4. The van der Waals surface area contributed by atoms with Crippen LogP contribution in [0.3, 0.4) is 0 Å². The van der Waals surface area contributed by atoms with E-state index < -0.39 is 36.0 Å². The number of hydrogen-bond acceptors (Lipinski definition) is 7. The molecule has 0 fully saturated rings. The van der Waals surface area contributed by atoms with E-state index in [1.54, 1.807) is 6.07 Å². The number of alkyl halides is 3. The number of nitrogens with two attached hydrogens (primary N) is 3. The lowest BCUT2D eigenvalue weighted by atomic mass is 10.0. The molecule has 13 heteroatoms. The van der Waals surface area contributed by atoms with Gasteiger partial charge in [0.25, 0.3) is 0 Å². The third-order valence-corrected chi connectivity index (χ3v) is 6.98. The number of carbonyl (C=O) groups excluding carboxylic acids is 2. The number of rotatable bonds is 15. The highest BCUT2D eigenvalue weighted by Crippen LogP contribution is 2.23. The maximum atomic E-state index is 13.4. The van der Waals surface area contributed by atoms with Crippen molar-refractivity contribution in [2.24, 2.45) is 17.2 Å². The van der Waals surface area contributed by atoms with Gasteiger partial charge < -0.3 is 37.1 Å². The molecule has 0 bridgehead atoms. The van der Waals surface area contributed by atoms with E-state index in [9.17, 15) is 22.8 Å². The number of benzene rings is 2. The van der Waals surface area contributed by atoms with Crippen molar-refractivity contribution in [3.05, 3.63) is 66.4 Å². The third-order valence-electron chi connectivity index (χ3n) is 6.98. The van der Waals surface area contributed by atoms with Crippen LogP contribution in [0, 0.1) is 0 Å². The van der Waals surface area contributed by atoms with Gasteiger partial charge in [-0.25, -0.2) is 0 Å². The van der Waals surface area contributed by atoms with E-state index in [0.29, 0.717) is 41.7 Å². The van der Waals surface area contributed by atoms with Crippen LogP contribution in [0.2, 0.25) is 0 Å². The molecular formula is C29H39F3N7O3+. The number of aromatic nitrogens is 1. The highest BCUT2D eigenvalue weighted by molar-refractivity contribution is 5.99. The number of fused-ring (bicyclic) bond motifs is 1. The van der Waals surface area contributed by atoms with E-state index in [-0.39, 0.29) is 6.42 Å². The average Bonchev–Trinajstić information content (AvgIpc) is 2.93. The number of carbonyl (C=O) groups is 2. The predicted octanol–water partition coefficient (Wildman–Crippen LogP) is 2.27. The van der Waals surface area contributed by atoms with Crippen LogP contribution < -0.4 is 32.6 Å². The van der Waals surface area contributed by atoms with Crippen LogP contribution in [0.25, 0.3) is 10.9 Å². The average molecular weight is 591 g/mol. The molecule has 1 aromatic heterocycles. The first-order chi connectivity index (χ1) is 19.9. The zero-order chi connectivity index (χ0) is 30.8. The van der Waals surface area contributed by atoms with Crippen LogP contribution >= 0.6 is 0 Å². The second kappa shape index (κ2) is 14.9. The van der Waals surface area contributed by atoms with Crippen LogP contribution in [0.1, 0.15) is 18.4 Å². The van der Waals surface area contributed by atoms with Gasteiger partial charge in [0.05, 0.1) is 50.1 Å². The molecule has 0 unspecified atom stereocenters. The molecule has 0 aliphatic heterocycles. The van der Waals surface area contributed by atoms with Crippen molar-refractivity contribution in [2.45, 2.75) is 37.7 Å². The van der Waals surface area contributed by atoms with Gasteiger partial charge in [-0.05, 0) is 42.7 Å². The Morgan fingerprint density at radius 3 is 2.31 bits per heavy atom. The molecule has 0 spiro atoms. The predicted molar refractivity (Wildman–Crippen MR) is 155 cm³/mol. The van der Waals surface area contributed by atoms with Gasteiger partial charge in [0.1, 0.15) is 11.8 Å². The highest BCUT2D eigenvalue weighted by Gasteiger charge is 2.31. The molecule has 2 aromatic carbocycles. The summed E-state index contributed by atoms with van der Waals surface area (Å²) >= 11 is 0. The quantitative estimate of drug-likeness (QED) is 0.170. The second-order valence-electron chi connectivity index (χ2n) is 10.5. The first-order valence-corrected chi connectivity index (χ1v) is 13.7.